The number of anilines is 1. The van der Waals surface area contributed by atoms with Gasteiger partial charge in [0, 0.05) is 30.4 Å². The largest absolute Gasteiger partial charge is 0.469 e. The van der Waals surface area contributed by atoms with Crippen molar-refractivity contribution < 1.29 is 9.53 Å². The summed E-state index contributed by atoms with van der Waals surface area (Å²) in [4.78, 5) is 16.2. The summed E-state index contributed by atoms with van der Waals surface area (Å²) in [6.45, 7) is 1.11. The molecule has 3 heterocycles. The first-order valence-corrected chi connectivity index (χ1v) is 8.58. The molecule has 8 nitrogen and oxygen atoms in total. The molecule has 0 aromatic carbocycles. The number of aromatic nitrogens is 5. The number of carbonyl (C=O) groups excluding carboxylic acids is 1. The van der Waals surface area contributed by atoms with Gasteiger partial charge in [0.05, 0.1) is 19.6 Å². The minimum Gasteiger partial charge on any atom is -0.469 e. The molecule has 122 valence electrons. The second-order valence-electron chi connectivity index (χ2n) is 6.01. The van der Waals surface area contributed by atoms with E-state index < -0.39 is 0 Å². The van der Waals surface area contributed by atoms with Crippen LogP contribution in [0.3, 0.4) is 0 Å². The van der Waals surface area contributed by atoms with Crippen LogP contribution in [0.1, 0.15) is 42.7 Å². The third-order valence-corrected chi connectivity index (χ3v) is 5.27. The first kappa shape index (κ1) is 14.6. The molecule has 1 unspecified atom stereocenters. The van der Waals surface area contributed by atoms with Crippen LogP contribution in [0.2, 0.25) is 0 Å². The molecule has 0 spiro atoms. The van der Waals surface area contributed by atoms with E-state index >= 15 is 0 Å². The van der Waals surface area contributed by atoms with Gasteiger partial charge in [-0.25, -0.2) is 4.98 Å². The number of methoxy groups -OCH3 is 1. The molecule has 1 aliphatic carbocycles. The van der Waals surface area contributed by atoms with Crippen LogP contribution in [0.5, 0.6) is 0 Å². The molecular weight excluding hydrogens is 316 g/mol. The Balaban J connectivity index is 1.39. The molecule has 0 saturated heterocycles. The molecule has 2 aromatic rings. The third kappa shape index (κ3) is 2.69. The summed E-state index contributed by atoms with van der Waals surface area (Å²) in [5.41, 5.74) is 0. The maximum Gasteiger partial charge on any atom is 0.310 e. The fourth-order valence-corrected chi connectivity index (χ4v) is 3.63. The van der Waals surface area contributed by atoms with Gasteiger partial charge in [-0.2, -0.15) is 4.37 Å². The second kappa shape index (κ2) is 5.88. The van der Waals surface area contributed by atoms with Crippen LogP contribution in [0.4, 0.5) is 5.13 Å². The highest BCUT2D eigenvalue weighted by Crippen LogP contribution is 2.35. The first-order valence-electron chi connectivity index (χ1n) is 7.81. The number of carbonyl (C=O) groups is 1. The molecule has 0 amide bonds. The van der Waals surface area contributed by atoms with Gasteiger partial charge in [0.25, 0.3) is 0 Å². The Hall–Kier alpha value is -2.03. The summed E-state index contributed by atoms with van der Waals surface area (Å²) in [6, 6.07) is 0. The lowest BCUT2D eigenvalue weighted by Gasteiger charge is -2.21. The fourth-order valence-electron chi connectivity index (χ4n) is 2.99. The van der Waals surface area contributed by atoms with Crippen molar-refractivity contribution >= 4 is 22.6 Å². The van der Waals surface area contributed by atoms with Crippen LogP contribution in [0.25, 0.3) is 0 Å². The average molecular weight is 334 g/mol. The van der Waals surface area contributed by atoms with Gasteiger partial charge in [-0.05, 0) is 12.8 Å². The number of ether oxygens (including phenoxy) is 1. The van der Waals surface area contributed by atoms with E-state index in [1.165, 1.54) is 37.9 Å². The summed E-state index contributed by atoms with van der Waals surface area (Å²) in [5.74, 6) is 2.80. The molecule has 1 fully saturated rings. The second-order valence-corrected chi connectivity index (χ2v) is 6.76. The van der Waals surface area contributed by atoms with Gasteiger partial charge < -0.3 is 14.6 Å². The molecule has 1 aliphatic heterocycles. The van der Waals surface area contributed by atoms with Crippen LogP contribution in [0.15, 0.2) is 0 Å². The normalized spacial score (nSPS) is 20.1. The average Bonchev–Trinajstić information content (AvgIpc) is 3.18. The monoisotopic (exact) mass is 334 g/mol. The summed E-state index contributed by atoms with van der Waals surface area (Å²) in [6.07, 6.45) is 4.26. The number of hydrogen-bond acceptors (Lipinski definition) is 8. The Morgan fingerprint density at radius 2 is 2.30 bits per heavy atom. The number of fused-ring (bicyclic) bond motifs is 1. The Labute approximate surface area is 137 Å². The summed E-state index contributed by atoms with van der Waals surface area (Å²) in [5, 5.41) is 12.4. The highest BCUT2D eigenvalue weighted by Gasteiger charge is 2.31. The Kier molecular flexibility index (Phi) is 3.72. The molecule has 0 radical (unpaired) electrons. The third-order valence-electron chi connectivity index (χ3n) is 4.58. The molecule has 2 aromatic heterocycles. The molecule has 1 N–H and O–H groups in total. The standard InChI is InChI=1S/C14H18N6O2S/c1-22-13(21)9-5-10-17-18-11(20(10)7-9)6-15-14-16-12(19-23-14)8-3-2-4-8/h8-9H,2-7H2,1H3,(H,15,16,19). The van der Waals surface area contributed by atoms with Crippen molar-refractivity contribution in [1.29, 1.82) is 0 Å². The van der Waals surface area contributed by atoms with Crippen LogP contribution >= 0.6 is 11.5 Å². The van der Waals surface area contributed by atoms with E-state index in [4.69, 9.17) is 4.74 Å². The maximum absolute atomic E-state index is 11.7. The van der Waals surface area contributed by atoms with Crippen molar-refractivity contribution in [2.24, 2.45) is 5.92 Å². The summed E-state index contributed by atoms with van der Waals surface area (Å²) >= 11 is 1.39. The Bertz CT molecular complexity index is 723. The van der Waals surface area contributed by atoms with Gasteiger partial charge >= 0.3 is 5.97 Å². The smallest absolute Gasteiger partial charge is 0.310 e. The van der Waals surface area contributed by atoms with Gasteiger partial charge in [0.1, 0.15) is 11.6 Å². The molecule has 4 rings (SSSR count). The van der Waals surface area contributed by atoms with Crippen LogP contribution in [-0.4, -0.2) is 37.2 Å². The van der Waals surface area contributed by atoms with Crippen LogP contribution in [0, 0.1) is 5.92 Å². The number of rotatable bonds is 5. The van der Waals surface area contributed by atoms with Gasteiger partial charge in [0.2, 0.25) is 5.13 Å². The minimum atomic E-state index is -0.191. The Morgan fingerprint density at radius 3 is 3.04 bits per heavy atom. The lowest BCUT2D eigenvalue weighted by Crippen LogP contribution is -2.18. The van der Waals surface area contributed by atoms with E-state index in [0.29, 0.717) is 25.4 Å². The molecular formula is C14H18N6O2S. The predicted octanol–water partition coefficient (Wildman–Crippen LogP) is 1.35. The van der Waals surface area contributed by atoms with Crippen LogP contribution in [-0.2, 0) is 29.0 Å². The quantitative estimate of drug-likeness (QED) is 0.825. The molecule has 0 bridgehead atoms. The van der Waals surface area contributed by atoms with Crippen molar-refractivity contribution in [2.75, 3.05) is 12.4 Å². The summed E-state index contributed by atoms with van der Waals surface area (Å²) in [7, 11) is 1.42. The van der Waals surface area contributed by atoms with Gasteiger partial charge in [-0.3, -0.25) is 4.79 Å². The summed E-state index contributed by atoms with van der Waals surface area (Å²) < 4.78 is 11.2. The van der Waals surface area contributed by atoms with E-state index in [1.54, 1.807) is 0 Å². The highest BCUT2D eigenvalue weighted by atomic mass is 32.1. The SMILES string of the molecule is COC(=O)C1Cc2nnc(CNc3nc(C4CCC4)ns3)n2C1. The topological polar surface area (TPSA) is 94.8 Å². The number of hydrogen-bond donors (Lipinski definition) is 1. The van der Waals surface area contributed by atoms with Crippen molar-refractivity contribution in [3.8, 4) is 0 Å². The zero-order chi connectivity index (χ0) is 15.8. The highest BCUT2D eigenvalue weighted by molar-refractivity contribution is 7.09. The Morgan fingerprint density at radius 1 is 1.43 bits per heavy atom. The lowest BCUT2D eigenvalue weighted by molar-refractivity contribution is -0.145. The van der Waals surface area contributed by atoms with Gasteiger partial charge in [-0.15, -0.1) is 10.2 Å². The van der Waals surface area contributed by atoms with Crippen molar-refractivity contribution in [3.63, 3.8) is 0 Å². The van der Waals surface area contributed by atoms with E-state index in [1.807, 2.05) is 4.57 Å². The van der Waals surface area contributed by atoms with Crippen LogP contribution < -0.4 is 5.32 Å². The fraction of sp³-hybridized carbons (Fsp3) is 0.643. The van der Waals surface area contributed by atoms with Crippen molar-refractivity contribution in [2.45, 2.75) is 44.7 Å². The molecule has 1 saturated carbocycles. The molecule has 23 heavy (non-hydrogen) atoms. The minimum absolute atomic E-state index is 0.156. The van der Waals surface area contributed by atoms with Crippen molar-refractivity contribution in [1.82, 2.24) is 24.1 Å². The number of nitrogens with zero attached hydrogens (tertiary/aromatic N) is 5. The predicted molar refractivity (Wildman–Crippen MR) is 83.1 cm³/mol. The number of esters is 1. The molecule has 9 heteroatoms. The zero-order valence-electron chi connectivity index (χ0n) is 12.9. The van der Waals surface area contributed by atoms with Gasteiger partial charge in [-0.1, -0.05) is 6.42 Å². The van der Waals surface area contributed by atoms with E-state index in [2.05, 4.69) is 24.9 Å². The zero-order valence-corrected chi connectivity index (χ0v) is 13.7. The van der Waals surface area contributed by atoms with Gasteiger partial charge in [0.15, 0.2) is 5.82 Å². The van der Waals surface area contributed by atoms with E-state index in [9.17, 15) is 4.79 Å². The number of nitrogens with one attached hydrogen (secondary N) is 1. The maximum atomic E-state index is 11.7. The lowest BCUT2D eigenvalue weighted by atomic mass is 9.85. The first-order chi connectivity index (χ1) is 11.2. The molecule has 1 atom stereocenters. The van der Waals surface area contributed by atoms with E-state index in [-0.39, 0.29) is 11.9 Å². The molecule has 2 aliphatic rings. The van der Waals surface area contributed by atoms with E-state index in [0.717, 1.165) is 22.6 Å². The van der Waals surface area contributed by atoms with Crippen molar-refractivity contribution in [3.05, 3.63) is 17.5 Å².